The van der Waals surface area contributed by atoms with E-state index in [-0.39, 0.29) is 33.9 Å². The minimum atomic E-state index is -0.890. The first-order valence-corrected chi connectivity index (χ1v) is 27.9. The highest BCUT2D eigenvalue weighted by atomic mass is 32.2. The molecule has 0 spiro atoms. The Kier molecular flexibility index (Phi) is 21.2. The van der Waals surface area contributed by atoms with Crippen LogP contribution in [0.4, 0.5) is 4.79 Å². The van der Waals surface area contributed by atoms with Crippen LogP contribution in [0.1, 0.15) is 65.6 Å². The van der Waals surface area contributed by atoms with Gasteiger partial charge in [-0.1, -0.05) is 127 Å². The van der Waals surface area contributed by atoms with Crippen molar-refractivity contribution in [1.29, 1.82) is 0 Å². The van der Waals surface area contributed by atoms with Crippen LogP contribution in [0.3, 0.4) is 0 Å². The van der Waals surface area contributed by atoms with Gasteiger partial charge >= 0.3 is 29.8 Å². The maximum absolute atomic E-state index is 13.3. The van der Waals surface area contributed by atoms with Gasteiger partial charge in [0.15, 0.2) is 0 Å². The average molecular weight is 1040 g/mol. The quantitative estimate of drug-likeness (QED) is 0.0673. The van der Waals surface area contributed by atoms with Crippen LogP contribution in [0.15, 0.2) is 140 Å². The third-order valence-electron chi connectivity index (χ3n) is 11.7. The summed E-state index contributed by atoms with van der Waals surface area (Å²) in [6, 6.07) is 43.8. The number of ether oxygens (including phenoxy) is 4. The number of para-hydroxylation sites is 2. The van der Waals surface area contributed by atoms with Crippen LogP contribution < -0.4 is 25.4 Å². The Morgan fingerprint density at radius 1 is 0.535 bits per heavy atom. The number of hydrogen-bond acceptors (Lipinski definition) is 13. The number of likely N-dealkylation sites (tertiary alicyclic amines) is 1. The minimum Gasteiger partial charge on any atom is -0.489 e. The third kappa shape index (κ3) is 16.4. The summed E-state index contributed by atoms with van der Waals surface area (Å²) in [4.78, 5) is 64.4. The molecule has 13 nitrogen and oxygen atoms in total. The first-order chi connectivity index (χ1) is 34.7. The number of nitrogens with one attached hydrogen (secondary N) is 3. The Labute approximate surface area is 433 Å². The lowest BCUT2D eigenvalue weighted by Crippen LogP contribution is -2.51. The van der Waals surface area contributed by atoms with Crippen LogP contribution in [0.25, 0.3) is 0 Å². The van der Waals surface area contributed by atoms with Gasteiger partial charge in [-0.25, -0.2) is 9.59 Å². The second-order valence-corrected chi connectivity index (χ2v) is 22.3. The molecule has 0 aliphatic carbocycles. The number of carbonyl (C=O) groups excluding carboxylic acids is 5. The van der Waals surface area contributed by atoms with E-state index in [1.807, 2.05) is 140 Å². The molecule has 0 radical (unpaired) electrons. The summed E-state index contributed by atoms with van der Waals surface area (Å²) in [5, 5.41) is 8.77. The summed E-state index contributed by atoms with van der Waals surface area (Å²) < 4.78 is 22.5. The topological polar surface area (TPSA) is 162 Å². The molecule has 0 aromatic heterocycles. The molecule has 4 amide bonds. The standard InChI is InChI=1S/C33H37N3O5S2.C21H23NO4S2/c37-30(34-26-16-18-36(19-17-26)33(39)41-23-25-12-5-2-6-13-25)31(38)35-29(32-42-20-9-21-43-32)27-14-7-8-15-28(27)40-22-24-10-3-1-4-11-24;1-25-20(24)19(23)22-18(21-27-12-7-13-28-21)16-10-5-6-11-17(16)26-14-15-8-3-2-4-9-15/h1-8,10-15,26,29,32H,9,16-23H2,(H,34,37)(H,35,38);2-6,8-11,18,21H,7,12-14H2,1H3,(H,22,23). The van der Waals surface area contributed by atoms with Crippen molar-refractivity contribution < 1.29 is 42.9 Å². The Hall–Kier alpha value is -5.75. The van der Waals surface area contributed by atoms with Gasteiger partial charge in [0.2, 0.25) is 0 Å². The van der Waals surface area contributed by atoms with Crippen LogP contribution in [0.2, 0.25) is 0 Å². The SMILES string of the molecule is COC(=O)C(=O)NC(c1ccccc1OCc1ccccc1)C1SCCCS1.O=C(NC1CCN(C(=O)OCc2ccccc2)CC1)C(=O)NC(c1ccccc1OCc1ccccc1)C1SCCCS1. The molecule has 3 aliphatic rings. The van der Waals surface area contributed by atoms with Crippen molar-refractivity contribution in [3.63, 3.8) is 0 Å². The molecule has 5 aromatic carbocycles. The summed E-state index contributed by atoms with van der Waals surface area (Å²) in [5.41, 5.74) is 4.76. The lowest BCUT2D eigenvalue weighted by molar-refractivity contribution is -0.153. The fourth-order valence-corrected chi connectivity index (χ4v) is 14.0. The second kappa shape index (κ2) is 28.3. The molecule has 3 heterocycles. The number of methoxy groups -OCH3 is 1. The van der Waals surface area contributed by atoms with Crippen molar-refractivity contribution in [1.82, 2.24) is 20.9 Å². The van der Waals surface area contributed by atoms with Gasteiger partial charge in [-0.15, -0.1) is 47.0 Å². The van der Waals surface area contributed by atoms with Crippen molar-refractivity contribution >= 4 is 76.8 Å². The smallest absolute Gasteiger partial charge is 0.410 e. The third-order valence-corrected chi connectivity index (χ3v) is 17.8. The number of hydrogen-bond donors (Lipinski definition) is 3. The van der Waals surface area contributed by atoms with Crippen molar-refractivity contribution in [3.8, 4) is 11.5 Å². The van der Waals surface area contributed by atoms with Crippen LogP contribution in [0, 0.1) is 0 Å². The summed E-state index contributed by atoms with van der Waals surface area (Å²) in [6.07, 6.45) is 2.97. The fourth-order valence-electron chi connectivity index (χ4n) is 7.96. The number of benzene rings is 5. The van der Waals surface area contributed by atoms with E-state index in [9.17, 15) is 24.0 Å². The molecule has 5 aromatic rings. The number of rotatable bonds is 15. The molecule has 3 fully saturated rings. The van der Waals surface area contributed by atoms with Gasteiger partial charge in [-0.05, 0) is 77.5 Å². The second-order valence-electron chi connectivity index (χ2n) is 16.7. The molecule has 3 N–H and O–H groups in total. The molecule has 0 bridgehead atoms. The van der Waals surface area contributed by atoms with Crippen molar-refractivity contribution in [2.45, 2.75) is 72.8 Å². The average Bonchev–Trinajstić information content (AvgIpc) is 3.43. The van der Waals surface area contributed by atoms with E-state index in [1.165, 1.54) is 7.11 Å². The summed E-state index contributed by atoms with van der Waals surface area (Å²) >= 11 is 7.17. The summed E-state index contributed by atoms with van der Waals surface area (Å²) in [5.74, 6) is 2.47. The highest BCUT2D eigenvalue weighted by molar-refractivity contribution is 8.18. The normalized spacial score (nSPS) is 16.2. The number of amides is 4. The predicted octanol–water partition coefficient (Wildman–Crippen LogP) is 9.33. The Morgan fingerprint density at radius 3 is 1.39 bits per heavy atom. The Morgan fingerprint density at radius 2 is 0.944 bits per heavy atom. The van der Waals surface area contributed by atoms with Crippen LogP contribution in [-0.2, 0) is 48.5 Å². The molecule has 2 unspecified atom stereocenters. The highest BCUT2D eigenvalue weighted by Gasteiger charge is 2.34. The van der Waals surface area contributed by atoms with Gasteiger partial charge in [0.1, 0.15) is 31.3 Å². The van der Waals surface area contributed by atoms with Gasteiger partial charge < -0.3 is 39.8 Å². The van der Waals surface area contributed by atoms with Crippen molar-refractivity contribution in [2.75, 3.05) is 43.2 Å². The van der Waals surface area contributed by atoms with Gasteiger partial charge in [-0.3, -0.25) is 14.4 Å². The van der Waals surface area contributed by atoms with Crippen molar-refractivity contribution in [3.05, 3.63) is 167 Å². The monoisotopic (exact) mass is 1040 g/mol. The van der Waals surface area contributed by atoms with E-state index < -0.39 is 29.7 Å². The first kappa shape index (κ1) is 53.1. The zero-order chi connectivity index (χ0) is 49.6. The van der Waals surface area contributed by atoms with Gasteiger partial charge in [0.05, 0.1) is 28.4 Å². The minimum absolute atomic E-state index is 0.0529. The molecule has 3 aliphatic heterocycles. The summed E-state index contributed by atoms with van der Waals surface area (Å²) in [7, 11) is 1.21. The maximum atomic E-state index is 13.3. The number of nitrogens with zero attached hydrogens (tertiary/aromatic N) is 1. The van der Waals surface area contributed by atoms with E-state index in [0.29, 0.717) is 50.6 Å². The van der Waals surface area contributed by atoms with Crippen LogP contribution in [0.5, 0.6) is 11.5 Å². The number of carbonyl (C=O) groups is 5. The zero-order valence-corrected chi connectivity index (χ0v) is 42.9. The molecule has 8 rings (SSSR count). The molecular weight excluding hydrogens is 977 g/mol. The molecule has 374 valence electrons. The predicted molar refractivity (Wildman–Crippen MR) is 284 cm³/mol. The lowest BCUT2D eigenvalue weighted by Gasteiger charge is -2.33. The van der Waals surface area contributed by atoms with E-state index in [0.717, 1.165) is 63.7 Å². The molecule has 2 atom stereocenters. The molecule has 3 saturated heterocycles. The Bertz CT molecular complexity index is 2470. The maximum Gasteiger partial charge on any atom is 0.410 e. The lowest BCUT2D eigenvalue weighted by atomic mass is 10.1. The van der Waals surface area contributed by atoms with Gasteiger partial charge in [0.25, 0.3) is 0 Å². The van der Waals surface area contributed by atoms with Crippen LogP contribution in [-0.4, -0.2) is 93.1 Å². The van der Waals surface area contributed by atoms with E-state index >= 15 is 0 Å². The van der Waals surface area contributed by atoms with Gasteiger partial charge in [0, 0.05) is 30.3 Å². The number of esters is 1. The molecular formula is C54H60N4O9S4. The molecule has 0 saturated carbocycles. The van der Waals surface area contributed by atoms with E-state index in [2.05, 4.69) is 20.7 Å². The van der Waals surface area contributed by atoms with Gasteiger partial charge in [-0.2, -0.15) is 0 Å². The Balaban J connectivity index is 0.000000229. The fraction of sp³-hybridized carbons (Fsp3) is 0.352. The number of piperidine rings is 1. The highest BCUT2D eigenvalue weighted by Crippen LogP contribution is 2.43. The largest absolute Gasteiger partial charge is 0.489 e. The summed E-state index contributed by atoms with van der Waals surface area (Å²) in [6.45, 7) is 1.95. The molecule has 71 heavy (non-hydrogen) atoms. The zero-order valence-electron chi connectivity index (χ0n) is 39.6. The van der Waals surface area contributed by atoms with Crippen LogP contribution >= 0.6 is 47.0 Å². The molecule has 17 heteroatoms. The first-order valence-electron chi connectivity index (χ1n) is 23.7. The number of thioether (sulfide) groups is 4. The van der Waals surface area contributed by atoms with Crippen molar-refractivity contribution in [2.24, 2.45) is 0 Å². The van der Waals surface area contributed by atoms with E-state index in [4.69, 9.17) is 14.2 Å². The van der Waals surface area contributed by atoms with E-state index in [1.54, 1.807) is 51.9 Å².